The van der Waals surface area contributed by atoms with E-state index in [9.17, 15) is 0 Å². The minimum absolute atomic E-state index is 0.747. The molecule has 0 saturated heterocycles. The fourth-order valence-electron chi connectivity index (χ4n) is 0.468. The van der Waals surface area contributed by atoms with Crippen LogP contribution in [0, 0.1) is 0 Å². The first kappa shape index (κ1) is 9.54. The molecule has 0 atom stereocenters. The molecule has 0 bridgehead atoms. The molecule has 3 heteroatoms. The van der Waals surface area contributed by atoms with Crippen LogP contribution in [0.1, 0.15) is 19.3 Å². The molecular formula is C6H9Cl2Si. The summed E-state index contributed by atoms with van der Waals surface area (Å²) in [4.78, 5) is 0. The second-order valence-electron chi connectivity index (χ2n) is 1.89. The molecule has 0 fully saturated rings. The van der Waals surface area contributed by atoms with Gasteiger partial charge < -0.3 is 0 Å². The molecule has 0 amide bonds. The van der Waals surface area contributed by atoms with Crippen molar-refractivity contribution >= 4 is 33.4 Å². The minimum atomic E-state index is -0.747. The van der Waals surface area contributed by atoms with Crippen LogP contribution in [0.4, 0.5) is 0 Å². The van der Waals surface area contributed by atoms with Gasteiger partial charge in [-0.25, -0.2) is 0 Å². The normalized spacial score (nSPS) is 11.4. The van der Waals surface area contributed by atoms with Gasteiger partial charge in [-0.2, -0.15) is 0 Å². The van der Waals surface area contributed by atoms with E-state index in [4.69, 9.17) is 23.2 Å². The molecule has 9 heavy (non-hydrogen) atoms. The van der Waals surface area contributed by atoms with Crippen LogP contribution in [0.25, 0.3) is 0 Å². The fraction of sp³-hybridized carbons (Fsp3) is 0.667. The lowest BCUT2D eigenvalue weighted by Gasteiger charge is -2.10. The highest BCUT2D eigenvalue weighted by Crippen LogP contribution is 2.22. The van der Waals surface area contributed by atoms with Crippen molar-refractivity contribution < 1.29 is 0 Å². The van der Waals surface area contributed by atoms with Gasteiger partial charge in [-0.1, -0.05) is 6.08 Å². The quantitative estimate of drug-likeness (QED) is 0.270. The fourth-order valence-corrected chi connectivity index (χ4v) is 0.912. The van der Waals surface area contributed by atoms with Crippen molar-refractivity contribution in [3.05, 3.63) is 12.7 Å². The van der Waals surface area contributed by atoms with Crippen molar-refractivity contribution in [2.75, 3.05) is 0 Å². The largest absolute Gasteiger partial charge is 0.107 e. The molecule has 0 aromatic heterocycles. The van der Waals surface area contributed by atoms with Crippen LogP contribution in [0.3, 0.4) is 0 Å². The number of alkyl halides is 2. The van der Waals surface area contributed by atoms with Crippen LogP contribution in [0.15, 0.2) is 12.7 Å². The van der Waals surface area contributed by atoms with Gasteiger partial charge in [0.25, 0.3) is 0 Å². The SMILES string of the molecule is C=CCCCC([Si])(Cl)Cl. The molecular weight excluding hydrogens is 171 g/mol. The number of unbranched alkanes of at least 4 members (excludes halogenated alkanes) is 1. The molecule has 51 valence electrons. The molecule has 0 aromatic carbocycles. The topological polar surface area (TPSA) is 0 Å². The zero-order chi connectivity index (χ0) is 7.33. The van der Waals surface area contributed by atoms with Crippen molar-refractivity contribution in [2.45, 2.75) is 23.2 Å². The molecule has 0 spiro atoms. The highest BCUT2D eigenvalue weighted by Gasteiger charge is 2.14. The summed E-state index contributed by atoms with van der Waals surface area (Å²) in [6.07, 6.45) is 4.54. The third-order valence-corrected chi connectivity index (χ3v) is 1.53. The minimum Gasteiger partial charge on any atom is -0.107 e. The van der Waals surface area contributed by atoms with Crippen molar-refractivity contribution in [1.82, 2.24) is 0 Å². The lowest BCUT2D eigenvalue weighted by molar-refractivity contribution is 0.768. The Hall–Kier alpha value is 0.537. The average molecular weight is 180 g/mol. The van der Waals surface area contributed by atoms with E-state index in [2.05, 4.69) is 16.8 Å². The summed E-state index contributed by atoms with van der Waals surface area (Å²) in [6.45, 7) is 3.58. The van der Waals surface area contributed by atoms with Gasteiger partial charge in [0.05, 0.1) is 14.2 Å². The predicted octanol–water partition coefficient (Wildman–Crippen LogP) is 2.64. The standard InChI is InChI=1S/C6H9Cl2Si/c1-2-3-4-5-6(7,8)9/h2H,1,3-5H2. The predicted molar refractivity (Wildman–Crippen MR) is 44.2 cm³/mol. The van der Waals surface area contributed by atoms with E-state index < -0.39 is 3.96 Å². The first-order valence-corrected chi connectivity index (χ1v) is 4.05. The molecule has 0 N–H and O–H groups in total. The van der Waals surface area contributed by atoms with E-state index in [1.807, 2.05) is 6.08 Å². The van der Waals surface area contributed by atoms with Gasteiger partial charge in [0.2, 0.25) is 0 Å². The van der Waals surface area contributed by atoms with Crippen LogP contribution >= 0.6 is 23.2 Å². The molecule has 0 unspecified atom stereocenters. The summed E-state index contributed by atoms with van der Waals surface area (Å²) < 4.78 is -0.747. The summed E-state index contributed by atoms with van der Waals surface area (Å²) in [5, 5.41) is 0. The average Bonchev–Trinajstić information content (AvgIpc) is 1.63. The van der Waals surface area contributed by atoms with Gasteiger partial charge >= 0.3 is 0 Å². The van der Waals surface area contributed by atoms with Gasteiger partial charge in [-0.15, -0.1) is 29.8 Å². The molecule has 0 aromatic rings. The van der Waals surface area contributed by atoms with E-state index in [0.29, 0.717) is 0 Å². The van der Waals surface area contributed by atoms with Gasteiger partial charge in [-0.05, 0) is 19.3 Å². The Morgan fingerprint density at radius 1 is 1.56 bits per heavy atom. The molecule has 0 saturated carbocycles. The number of hydrogen-bond donors (Lipinski definition) is 0. The highest BCUT2D eigenvalue weighted by atomic mass is 35.5. The van der Waals surface area contributed by atoms with E-state index >= 15 is 0 Å². The maximum atomic E-state index is 5.61. The number of allylic oxidation sites excluding steroid dienone is 1. The Labute approximate surface area is 69.7 Å². The molecule has 0 nitrogen and oxygen atoms in total. The Bertz CT molecular complexity index is 85.5. The molecule has 0 aliphatic heterocycles. The lowest BCUT2D eigenvalue weighted by atomic mass is 10.2. The number of halogens is 2. The first-order chi connectivity index (χ1) is 4.06. The molecule has 3 radical (unpaired) electrons. The Morgan fingerprint density at radius 3 is 2.44 bits per heavy atom. The van der Waals surface area contributed by atoms with E-state index in [-0.39, 0.29) is 0 Å². The van der Waals surface area contributed by atoms with Crippen molar-refractivity contribution in [3.63, 3.8) is 0 Å². The zero-order valence-electron chi connectivity index (χ0n) is 5.16. The highest BCUT2D eigenvalue weighted by molar-refractivity contribution is 6.65. The molecule has 0 rings (SSSR count). The van der Waals surface area contributed by atoms with Crippen molar-refractivity contribution in [1.29, 1.82) is 0 Å². The third-order valence-electron chi connectivity index (χ3n) is 0.899. The Balaban J connectivity index is 3.17. The van der Waals surface area contributed by atoms with Gasteiger partial charge in [0.1, 0.15) is 0 Å². The van der Waals surface area contributed by atoms with Crippen LogP contribution in [0.5, 0.6) is 0 Å². The van der Waals surface area contributed by atoms with Crippen LogP contribution in [0.2, 0.25) is 0 Å². The van der Waals surface area contributed by atoms with E-state index in [0.717, 1.165) is 19.3 Å². The summed E-state index contributed by atoms with van der Waals surface area (Å²) in [6, 6.07) is 0. The number of hydrogen-bond acceptors (Lipinski definition) is 0. The van der Waals surface area contributed by atoms with Crippen molar-refractivity contribution in [3.8, 4) is 0 Å². The summed E-state index contributed by atoms with van der Waals surface area (Å²) in [5.41, 5.74) is 0. The van der Waals surface area contributed by atoms with Gasteiger partial charge in [0.15, 0.2) is 0 Å². The van der Waals surface area contributed by atoms with E-state index in [1.54, 1.807) is 0 Å². The molecule has 0 aliphatic carbocycles. The Morgan fingerprint density at radius 2 is 2.11 bits per heavy atom. The van der Waals surface area contributed by atoms with Crippen LogP contribution < -0.4 is 0 Å². The van der Waals surface area contributed by atoms with E-state index in [1.165, 1.54) is 0 Å². The lowest BCUT2D eigenvalue weighted by Crippen LogP contribution is -2.10. The van der Waals surface area contributed by atoms with Gasteiger partial charge in [0, 0.05) is 0 Å². The van der Waals surface area contributed by atoms with Crippen LogP contribution in [-0.2, 0) is 0 Å². The van der Waals surface area contributed by atoms with Gasteiger partial charge in [-0.3, -0.25) is 0 Å². The summed E-state index contributed by atoms with van der Waals surface area (Å²) in [5.74, 6) is 0. The second kappa shape index (κ2) is 4.37. The monoisotopic (exact) mass is 179 g/mol. The second-order valence-corrected chi connectivity index (χ2v) is 4.86. The van der Waals surface area contributed by atoms with Crippen LogP contribution in [-0.4, -0.2) is 14.2 Å². The maximum Gasteiger partial charge on any atom is 0.0998 e. The third kappa shape index (κ3) is 8.54. The zero-order valence-corrected chi connectivity index (χ0v) is 7.67. The van der Waals surface area contributed by atoms with Crippen molar-refractivity contribution in [2.24, 2.45) is 0 Å². The first-order valence-electron chi connectivity index (χ1n) is 2.80. The smallest absolute Gasteiger partial charge is 0.0998 e. The molecule has 0 aliphatic rings. The summed E-state index contributed by atoms with van der Waals surface area (Å²) >= 11 is 11.2. The number of rotatable bonds is 4. The molecule has 0 heterocycles. The Kier molecular flexibility index (Phi) is 4.63. The summed E-state index contributed by atoms with van der Waals surface area (Å²) in [7, 11) is 3.15. The maximum absolute atomic E-state index is 5.61.